The molecule has 1 aromatic carbocycles. The Morgan fingerprint density at radius 2 is 2.16 bits per heavy atom. The minimum absolute atomic E-state index is 0.134. The number of sulfonamides is 1. The lowest BCUT2D eigenvalue weighted by atomic mass is 10.3. The van der Waals surface area contributed by atoms with Crippen LogP contribution in [0.15, 0.2) is 23.1 Å². The molecule has 0 aliphatic heterocycles. The molecule has 0 unspecified atom stereocenters. The Kier molecular flexibility index (Phi) is 5.33. The fourth-order valence-electron chi connectivity index (χ4n) is 1.31. The van der Waals surface area contributed by atoms with Crippen molar-refractivity contribution < 1.29 is 22.5 Å². The van der Waals surface area contributed by atoms with Gasteiger partial charge in [0, 0.05) is 32.4 Å². The number of nitrogens with zero attached hydrogens (tertiary/aromatic N) is 1. The molecule has 1 aromatic rings. The first-order valence-electron chi connectivity index (χ1n) is 5.31. The lowest BCUT2D eigenvalue weighted by molar-refractivity contribution is -0.387. The lowest BCUT2D eigenvalue weighted by Crippen LogP contribution is -2.25. The minimum atomic E-state index is -3.87. The van der Waals surface area contributed by atoms with Gasteiger partial charge in [0.25, 0.3) is 0 Å². The van der Waals surface area contributed by atoms with Crippen LogP contribution in [0.2, 0.25) is 0 Å². The summed E-state index contributed by atoms with van der Waals surface area (Å²) in [6, 6.07) is 2.43. The number of hydrogen-bond donors (Lipinski definition) is 1. The number of halogens is 1. The van der Waals surface area contributed by atoms with Crippen LogP contribution in [-0.2, 0) is 14.8 Å². The first-order valence-corrected chi connectivity index (χ1v) is 6.79. The van der Waals surface area contributed by atoms with Gasteiger partial charge in [-0.15, -0.1) is 0 Å². The van der Waals surface area contributed by atoms with Crippen molar-refractivity contribution in [1.82, 2.24) is 4.72 Å². The average Bonchev–Trinajstić information content (AvgIpc) is 2.34. The summed E-state index contributed by atoms with van der Waals surface area (Å²) >= 11 is 0. The zero-order valence-electron chi connectivity index (χ0n) is 10.1. The predicted octanol–water partition coefficient (Wildman–Crippen LogP) is 1.05. The van der Waals surface area contributed by atoms with Gasteiger partial charge in [-0.1, -0.05) is 0 Å². The molecule has 0 atom stereocenters. The third kappa shape index (κ3) is 4.23. The molecule has 0 saturated heterocycles. The molecule has 0 aliphatic carbocycles. The van der Waals surface area contributed by atoms with Crippen LogP contribution in [0.5, 0.6) is 0 Å². The third-order valence-electron chi connectivity index (χ3n) is 2.24. The van der Waals surface area contributed by atoms with E-state index in [4.69, 9.17) is 4.74 Å². The number of methoxy groups -OCH3 is 1. The van der Waals surface area contributed by atoms with Crippen molar-refractivity contribution in [3.8, 4) is 0 Å². The van der Waals surface area contributed by atoms with Crippen molar-refractivity contribution in [2.75, 3.05) is 20.3 Å². The zero-order chi connectivity index (χ0) is 14.5. The SMILES string of the molecule is COCCCNS(=O)(=O)c1ccc([N+](=O)[O-])c(F)c1. The molecule has 9 heteroatoms. The highest BCUT2D eigenvalue weighted by Crippen LogP contribution is 2.20. The Bertz CT molecular complexity index is 561. The van der Waals surface area contributed by atoms with Gasteiger partial charge in [0.1, 0.15) is 0 Å². The number of benzene rings is 1. The van der Waals surface area contributed by atoms with Crippen LogP contribution >= 0.6 is 0 Å². The predicted molar refractivity (Wildman–Crippen MR) is 64.7 cm³/mol. The van der Waals surface area contributed by atoms with Crippen molar-refractivity contribution in [2.45, 2.75) is 11.3 Å². The van der Waals surface area contributed by atoms with E-state index in [0.717, 1.165) is 12.1 Å². The van der Waals surface area contributed by atoms with E-state index < -0.39 is 26.5 Å². The monoisotopic (exact) mass is 292 g/mol. The van der Waals surface area contributed by atoms with Gasteiger partial charge in [-0.2, -0.15) is 4.39 Å². The van der Waals surface area contributed by atoms with E-state index in [1.165, 1.54) is 7.11 Å². The molecule has 0 spiro atoms. The zero-order valence-corrected chi connectivity index (χ0v) is 10.9. The number of nitro benzene ring substituents is 1. The summed E-state index contributed by atoms with van der Waals surface area (Å²) in [7, 11) is -2.39. The number of nitrogens with one attached hydrogen (secondary N) is 1. The molecule has 0 aromatic heterocycles. The summed E-state index contributed by atoms with van der Waals surface area (Å²) in [5, 5.41) is 10.4. The molecule has 0 amide bonds. The van der Waals surface area contributed by atoms with Gasteiger partial charge >= 0.3 is 5.69 Å². The summed E-state index contributed by atoms with van der Waals surface area (Å²) in [4.78, 5) is 9.14. The van der Waals surface area contributed by atoms with Crippen LogP contribution in [0.1, 0.15) is 6.42 Å². The van der Waals surface area contributed by atoms with Gasteiger partial charge in [-0.05, 0) is 12.5 Å². The minimum Gasteiger partial charge on any atom is -0.385 e. The maximum absolute atomic E-state index is 13.3. The van der Waals surface area contributed by atoms with Crippen molar-refractivity contribution in [3.05, 3.63) is 34.1 Å². The first-order chi connectivity index (χ1) is 8.88. The number of hydrogen-bond acceptors (Lipinski definition) is 5. The Morgan fingerprint density at radius 1 is 1.47 bits per heavy atom. The summed E-state index contributed by atoms with van der Waals surface area (Å²) < 4.78 is 43.8. The molecule has 0 radical (unpaired) electrons. The molecule has 0 bridgehead atoms. The Morgan fingerprint density at radius 3 is 2.68 bits per heavy atom. The molecule has 7 nitrogen and oxygen atoms in total. The Hall–Kier alpha value is -1.58. The highest BCUT2D eigenvalue weighted by Gasteiger charge is 2.20. The van der Waals surface area contributed by atoms with Crippen molar-refractivity contribution in [1.29, 1.82) is 0 Å². The number of rotatable bonds is 7. The second-order valence-corrected chi connectivity index (χ2v) is 5.38. The van der Waals surface area contributed by atoms with E-state index >= 15 is 0 Å². The van der Waals surface area contributed by atoms with Crippen LogP contribution in [0.3, 0.4) is 0 Å². The fourth-order valence-corrected chi connectivity index (χ4v) is 2.39. The maximum atomic E-state index is 13.3. The molecule has 106 valence electrons. The van der Waals surface area contributed by atoms with E-state index in [-0.39, 0.29) is 11.4 Å². The largest absolute Gasteiger partial charge is 0.385 e. The normalized spacial score (nSPS) is 11.5. The molecule has 0 heterocycles. The van der Waals surface area contributed by atoms with Crippen LogP contribution in [0.4, 0.5) is 10.1 Å². The maximum Gasteiger partial charge on any atom is 0.304 e. The summed E-state index contributed by atoms with van der Waals surface area (Å²) in [5.41, 5.74) is -0.765. The molecule has 0 aliphatic rings. The fraction of sp³-hybridized carbons (Fsp3) is 0.400. The van der Waals surface area contributed by atoms with Gasteiger partial charge < -0.3 is 4.74 Å². The molecule has 1 rings (SSSR count). The summed E-state index contributed by atoms with van der Waals surface area (Å²) in [5.74, 6) is -1.19. The van der Waals surface area contributed by atoms with Gasteiger partial charge in [0.2, 0.25) is 15.8 Å². The second kappa shape index (κ2) is 6.55. The molecule has 1 N–H and O–H groups in total. The summed E-state index contributed by atoms with van der Waals surface area (Å²) in [6.45, 7) is 0.520. The van der Waals surface area contributed by atoms with Gasteiger partial charge in [0.15, 0.2) is 0 Å². The van der Waals surface area contributed by atoms with E-state index in [0.29, 0.717) is 19.1 Å². The molecule has 19 heavy (non-hydrogen) atoms. The van der Waals surface area contributed by atoms with Gasteiger partial charge in [0.05, 0.1) is 9.82 Å². The van der Waals surface area contributed by atoms with Gasteiger partial charge in [-0.25, -0.2) is 13.1 Å². The third-order valence-corrected chi connectivity index (χ3v) is 3.70. The first kappa shape index (κ1) is 15.5. The number of ether oxygens (including phenoxy) is 1. The van der Waals surface area contributed by atoms with E-state index in [1.807, 2.05) is 0 Å². The van der Waals surface area contributed by atoms with E-state index in [2.05, 4.69) is 4.72 Å². The van der Waals surface area contributed by atoms with Gasteiger partial charge in [-0.3, -0.25) is 10.1 Å². The highest BCUT2D eigenvalue weighted by atomic mass is 32.2. The van der Waals surface area contributed by atoms with Crippen LogP contribution in [-0.4, -0.2) is 33.6 Å². The summed E-state index contributed by atoms with van der Waals surface area (Å²) in [6.07, 6.45) is 0.463. The molecular formula is C10H13FN2O5S. The Labute approximate surface area is 109 Å². The van der Waals surface area contributed by atoms with Crippen LogP contribution in [0, 0.1) is 15.9 Å². The topological polar surface area (TPSA) is 98.5 Å². The lowest BCUT2D eigenvalue weighted by Gasteiger charge is -2.06. The molecule has 0 fully saturated rings. The van der Waals surface area contributed by atoms with E-state index in [1.54, 1.807) is 0 Å². The highest BCUT2D eigenvalue weighted by molar-refractivity contribution is 7.89. The van der Waals surface area contributed by atoms with Crippen LogP contribution < -0.4 is 4.72 Å². The smallest absolute Gasteiger partial charge is 0.304 e. The second-order valence-electron chi connectivity index (χ2n) is 3.61. The standard InChI is InChI=1S/C10H13FN2O5S/c1-18-6-2-5-12-19(16,17)8-3-4-10(13(14)15)9(11)7-8/h3-4,7,12H,2,5-6H2,1H3. The van der Waals surface area contributed by atoms with E-state index in [9.17, 15) is 22.9 Å². The molecule has 0 saturated carbocycles. The van der Waals surface area contributed by atoms with Crippen molar-refractivity contribution >= 4 is 15.7 Å². The van der Waals surface area contributed by atoms with Crippen molar-refractivity contribution in [2.24, 2.45) is 0 Å². The quantitative estimate of drug-likeness (QED) is 0.460. The Balaban J connectivity index is 2.84. The van der Waals surface area contributed by atoms with Crippen LogP contribution in [0.25, 0.3) is 0 Å². The van der Waals surface area contributed by atoms with Crippen molar-refractivity contribution in [3.63, 3.8) is 0 Å². The number of nitro groups is 1. The molecular weight excluding hydrogens is 279 g/mol. The average molecular weight is 292 g/mol.